The van der Waals surface area contributed by atoms with E-state index in [0.29, 0.717) is 17.8 Å². The van der Waals surface area contributed by atoms with Crippen molar-refractivity contribution in [1.29, 1.82) is 0 Å². The van der Waals surface area contributed by atoms with E-state index >= 15 is 0 Å². The molecule has 3 heterocycles. The van der Waals surface area contributed by atoms with E-state index in [1.807, 2.05) is 30.3 Å². The third-order valence-electron chi connectivity index (χ3n) is 5.03. The van der Waals surface area contributed by atoms with Crippen LogP contribution in [0.25, 0.3) is 10.9 Å². The molecule has 6 heteroatoms. The fraction of sp³-hybridized carbons (Fsp3) is 0.444. The van der Waals surface area contributed by atoms with Crippen molar-refractivity contribution in [3.05, 3.63) is 42.6 Å². The highest BCUT2D eigenvalue weighted by Crippen LogP contribution is 2.28. The van der Waals surface area contributed by atoms with E-state index in [-0.39, 0.29) is 11.9 Å². The number of carbonyl (C=O) groups excluding carboxylic acids is 1. The maximum atomic E-state index is 12.7. The average Bonchev–Trinajstić information content (AvgIpc) is 3.00. The van der Waals surface area contributed by atoms with Gasteiger partial charge in [0, 0.05) is 30.1 Å². The van der Waals surface area contributed by atoms with Crippen molar-refractivity contribution in [1.82, 2.24) is 20.4 Å². The lowest BCUT2D eigenvalue weighted by Crippen LogP contribution is -2.60. The Hall–Kier alpha value is -2.18. The normalized spacial score (nSPS) is 27.1. The number of hydrogen-bond acceptors (Lipinski definition) is 4. The minimum absolute atomic E-state index is 0.103. The standard InChI is InChI=1S/C18H22N4O2/c1-2-7-22-13-8-12(9-14(22)11-24-10-13)19-18(23)17-15-5-3-4-6-16(15)20-21-17/h2-6,12-14H,1,7-11H2,(H,19,23)(H,20,21). The van der Waals surface area contributed by atoms with Gasteiger partial charge in [0.2, 0.25) is 0 Å². The van der Waals surface area contributed by atoms with Crippen molar-refractivity contribution in [2.45, 2.75) is 31.0 Å². The molecule has 0 radical (unpaired) electrons. The van der Waals surface area contributed by atoms with Crippen LogP contribution in [0.5, 0.6) is 0 Å². The number of benzene rings is 1. The zero-order valence-electron chi connectivity index (χ0n) is 13.6. The molecule has 126 valence electrons. The van der Waals surface area contributed by atoms with E-state index in [9.17, 15) is 4.79 Å². The number of H-pyrrole nitrogens is 1. The first-order chi connectivity index (χ1) is 11.8. The molecule has 1 amide bonds. The van der Waals surface area contributed by atoms with Crippen molar-refractivity contribution in [2.24, 2.45) is 0 Å². The summed E-state index contributed by atoms with van der Waals surface area (Å²) in [6.07, 6.45) is 3.75. The summed E-state index contributed by atoms with van der Waals surface area (Å²) < 4.78 is 5.69. The second-order valence-electron chi connectivity index (χ2n) is 6.59. The summed E-state index contributed by atoms with van der Waals surface area (Å²) in [6, 6.07) is 8.54. The van der Waals surface area contributed by atoms with Crippen molar-refractivity contribution in [3.63, 3.8) is 0 Å². The van der Waals surface area contributed by atoms with Gasteiger partial charge in [0.1, 0.15) is 0 Å². The molecule has 2 unspecified atom stereocenters. The first-order valence-corrected chi connectivity index (χ1v) is 8.44. The number of nitrogens with zero attached hydrogens (tertiary/aromatic N) is 2. The minimum atomic E-state index is -0.103. The highest BCUT2D eigenvalue weighted by molar-refractivity contribution is 6.04. The van der Waals surface area contributed by atoms with E-state index in [4.69, 9.17) is 4.74 Å². The Morgan fingerprint density at radius 3 is 2.88 bits per heavy atom. The molecule has 2 aliphatic rings. The molecule has 0 spiro atoms. The number of carbonyl (C=O) groups is 1. The van der Waals surface area contributed by atoms with Crippen LogP contribution >= 0.6 is 0 Å². The van der Waals surface area contributed by atoms with E-state index in [2.05, 4.69) is 27.0 Å². The molecule has 0 saturated carbocycles. The zero-order chi connectivity index (χ0) is 16.5. The van der Waals surface area contributed by atoms with Gasteiger partial charge < -0.3 is 10.1 Å². The smallest absolute Gasteiger partial charge is 0.272 e. The molecular formula is C18H22N4O2. The molecule has 24 heavy (non-hydrogen) atoms. The maximum Gasteiger partial charge on any atom is 0.272 e. The Morgan fingerprint density at radius 2 is 2.12 bits per heavy atom. The van der Waals surface area contributed by atoms with Gasteiger partial charge in [0.15, 0.2) is 5.69 Å². The topological polar surface area (TPSA) is 70.2 Å². The van der Waals surface area contributed by atoms with Crippen molar-refractivity contribution in [2.75, 3.05) is 19.8 Å². The summed E-state index contributed by atoms with van der Waals surface area (Å²) >= 11 is 0. The van der Waals surface area contributed by atoms with Crippen molar-refractivity contribution in [3.8, 4) is 0 Å². The van der Waals surface area contributed by atoms with Gasteiger partial charge in [-0.25, -0.2) is 0 Å². The molecule has 2 fully saturated rings. The molecular weight excluding hydrogens is 304 g/mol. The predicted octanol–water partition coefficient (Wildman–Crippen LogP) is 1.71. The number of amides is 1. The number of nitrogens with one attached hydrogen (secondary N) is 2. The summed E-state index contributed by atoms with van der Waals surface area (Å²) in [5, 5.41) is 11.2. The minimum Gasteiger partial charge on any atom is -0.378 e. The van der Waals surface area contributed by atoms with Crippen LogP contribution in [0.3, 0.4) is 0 Å². The summed E-state index contributed by atoms with van der Waals surface area (Å²) in [7, 11) is 0. The largest absolute Gasteiger partial charge is 0.378 e. The van der Waals surface area contributed by atoms with Crippen LogP contribution in [0.4, 0.5) is 0 Å². The number of rotatable bonds is 4. The number of aromatic amines is 1. The molecule has 1 aromatic heterocycles. The summed E-state index contributed by atoms with van der Waals surface area (Å²) in [5.41, 5.74) is 1.36. The number of aromatic nitrogens is 2. The van der Waals surface area contributed by atoms with E-state index in [0.717, 1.165) is 43.5 Å². The van der Waals surface area contributed by atoms with Crippen LogP contribution in [0, 0.1) is 0 Å². The average molecular weight is 326 g/mol. The second-order valence-corrected chi connectivity index (χ2v) is 6.59. The second kappa shape index (κ2) is 6.37. The number of morpholine rings is 1. The molecule has 2 aromatic rings. The maximum absolute atomic E-state index is 12.7. The van der Waals surface area contributed by atoms with Crippen LogP contribution in [-0.2, 0) is 4.74 Å². The van der Waals surface area contributed by atoms with Crippen LogP contribution in [-0.4, -0.2) is 58.9 Å². The molecule has 2 atom stereocenters. The summed E-state index contributed by atoms with van der Waals surface area (Å²) in [6.45, 7) is 6.18. The van der Waals surface area contributed by atoms with Crippen LogP contribution in [0.2, 0.25) is 0 Å². The number of hydrogen-bond donors (Lipinski definition) is 2. The van der Waals surface area contributed by atoms with E-state index < -0.39 is 0 Å². The van der Waals surface area contributed by atoms with Crippen molar-refractivity contribution < 1.29 is 9.53 Å². The van der Waals surface area contributed by atoms with Crippen LogP contribution < -0.4 is 5.32 Å². The van der Waals surface area contributed by atoms with Gasteiger partial charge in [-0.15, -0.1) is 6.58 Å². The first kappa shape index (κ1) is 15.4. The number of para-hydroxylation sites is 1. The molecule has 4 rings (SSSR count). The molecule has 6 nitrogen and oxygen atoms in total. The van der Waals surface area contributed by atoms with Gasteiger partial charge >= 0.3 is 0 Å². The SMILES string of the molecule is C=CCN1C2COCC1CC(NC(=O)c1n[nH]c3ccccc13)C2. The molecule has 0 aliphatic carbocycles. The van der Waals surface area contributed by atoms with Crippen LogP contribution in [0.1, 0.15) is 23.3 Å². The Kier molecular flexibility index (Phi) is 4.08. The number of fused-ring (bicyclic) bond motifs is 3. The van der Waals surface area contributed by atoms with Crippen LogP contribution in [0.15, 0.2) is 36.9 Å². The Morgan fingerprint density at radius 1 is 1.38 bits per heavy atom. The highest BCUT2D eigenvalue weighted by atomic mass is 16.5. The first-order valence-electron chi connectivity index (χ1n) is 8.44. The summed E-state index contributed by atoms with van der Waals surface area (Å²) in [4.78, 5) is 15.1. The van der Waals surface area contributed by atoms with Gasteiger partial charge in [0.25, 0.3) is 5.91 Å². The lowest BCUT2D eigenvalue weighted by Gasteiger charge is -2.48. The fourth-order valence-corrected chi connectivity index (χ4v) is 3.95. The molecule has 2 bridgehead atoms. The zero-order valence-corrected chi connectivity index (χ0v) is 13.6. The lowest BCUT2D eigenvalue weighted by molar-refractivity contribution is -0.0744. The lowest BCUT2D eigenvalue weighted by atomic mass is 9.90. The monoisotopic (exact) mass is 326 g/mol. The van der Waals surface area contributed by atoms with Gasteiger partial charge in [-0.1, -0.05) is 24.3 Å². The quantitative estimate of drug-likeness (QED) is 0.839. The molecule has 2 saturated heterocycles. The molecule has 2 aliphatic heterocycles. The van der Waals surface area contributed by atoms with E-state index in [1.165, 1.54) is 0 Å². The Labute approximate surface area is 140 Å². The summed E-state index contributed by atoms with van der Waals surface area (Å²) in [5.74, 6) is -0.103. The van der Waals surface area contributed by atoms with Crippen molar-refractivity contribution >= 4 is 16.8 Å². The predicted molar refractivity (Wildman–Crippen MR) is 91.9 cm³/mol. The fourth-order valence-electron chi connectivity index (χ4n) is 3.95. The van der Waals surface area contributed by atoms with E-state index in [1.54, 1.807) is 0 Å². The Bertz CT molecular complexity index is 742. The van der Waals surface area contributed by atoms with Gasteiger partial charge in [-0.3, -0.25) is 14.8 Å². The number of ether oxygens (including phenoxy) is 1. The van der Waals surface area contributed by atoms with Gasteiger partial charge in [-0.05, 0) is 18.9 Å². The molecule has 2 N–H and O–H groups in total. The molecule has 1 aromatic carbocycles. The number of piperidine rings is 1. The highest BCUT2D eigenvalue weighted by Gasteiger charge is 2.39. The third kappa shape index (κ3) is 2.72. The third-order valence-corrected chi connectivity index (χ3v) is 5.03. The van der Waals surface area contributed by atoms with Gasteiger partial charge in [-0.2, -0.15) is 5.10 Å². The van der Waals surface area contributed by atoms with Gasteiger partial charge in [0.05, 0.1) is 18.7 Å². The Balaban J connectivity index is 1.48.